The molecule has 0 unspecified atom stereocenters. The molecule has 0 saturated carbocycles. The zero-order valence-corrected chi connectivity index (χ0v) is 12.8. The van der Waals surface area contributed by atoms with Gasteiger partial charge in [0.15, 0.2) is 0 Å². The van der Waals surface area contributed by atoms with Crippen molar-refractivity contribution in [2.24, 2.45) is 0 Å². The molecule has 0 aliphatic carbocycles. The molecular formula is C14H8Cl2N2O2S. The van der Waals surface area contributed by atoms with Gasteiger partial charge in [0.25, 0.3) is 0 Å². The van der Waals surface area contributed by atoms with E-state index in [-0.39, 0.29) is 14.9 Å². The first-order valence-electron chi connectivity index (χ1n) is 5.67. The molecule has 106 valence electrons. The van der Waals surface area contributed by atoms with Gasteiger partial charge < -0.3 is 0 Å². The Morgan fingerprint density at radius 3 is 2.67 bits per heavy atom. The minimum Gasteiger partial charge on any atom is -0.264 e. The second kappa shape index (κ2) is 6.27. The van der Waals surface area contributed by atoms with Gasteiger partial charge in [0, 0.05) is 17.4 Å². The summed E-state index contributed by atoms with van der Waals surface area (Å²) in [6.07, 6.45) is 4.23. The van der Waals surface area contributed by atoms with Crippen LogP contribution in [0.3, 0.4) is 0 Å². The summed E-state index contributed by atoms with van der Waals surface area (Å²) in [4.78, 5) is 3.23. The lowest BCUT2D eigenvalue weighted by Gasteiger charge is -2.06. The quantitative estimate of drug-likeness (QED) is 0.799. The first kappa shape index (κ1) is 15.5. The van der Waals surface area contributed by atoms with Crippen LogP contribution in [0.1, 0.15) is 5.56 Å². The number of nitrogens with zero attached hydrogens (tertiary/aromatic N) is 2. The van der Waals surface area contributed by atoms with Crippen LogP contribution in [0, 0.1) is 11.3 Å². The minimum atomic E-state index is -4.05. The van der Waals surface area contributed by atoms with Crippen LogP contribution in [0.4, 0.5) is 0 Å². The van der Waals surface area contributed by atoms with Gasteiger partial charge in [-0.05, 0) is 35.9 Å². The minimum absolute atomic E-state index is 0.00624. The molecule has 7 heteroatoms. The Morgan fingerprint density at radius 1 is 1.29 bits per heavy atom. The molecule has 1 aromatic carbocycles. The van der Waals surface area contributed by atoms with E-state index < -0.39 is 14.7 Å². The molecule has 0 spiro atoms. The maximum Gasteiger partial charge on any atom is 0.218 e. The zero-order chi connectivity index (χ0) is 15.5. The maximum atomic E-state index is 12.5. The molecule has 0 radical (unpaired) electrons. The summed E-state index contributed by atoms with van der Waals surface area (Å²) < 4.78 is 25.0. The van der Waals surface area contributed by atoms with Crippen molar-refractivity contribution in [3.63, 3.8) is 0 Å². The Hall–Kier alpha value is -1.87. The molecule has 21 heavy (non-hydrogen) atoms. The van der Waals surface area contributed by atoms with E-state index >= 15 is 0 Å². The van der Waals surface area contributed by atoms with Crippen LogP contribution < -0.4 is 0 Å². The van der Waals surface area contributed by atoms with Gasteiger partial charge in [-0.25, -0.2) is 8.42 Å². The van der Waals surface area contributed by atoms with Crippen molar-refractivity contribution in [2.75, 3.05) is 0 Å². The van der Waals surface area contributed by atoms with Gasteiger partial charge in [-0.3, -0.25) is 4.98 Å². The third-order valence-electron chi connectivity index (χ3n) is 2.56. The van der Waals surface area contributed by atoms with E-state index in [1.165, 1.54) is 30.5 Å². The number of aromatic nitrogens is 1. The Morgan fingerprint density at radius 2 is 2.05 bits per heavy atom. The van der Waals surface area contributed by atoms with Gasteiger partial charge in [-0.15, -0.1) is 0 Å². The number of pyridine rings is 1. The van der Waals surface area contributed by atoms with E-state index in [1.54, 1.807) is 24.4 Å². The molecule has 0 aliphatic rings. The van der Waals surface area contributed by atoms with E-state index in [9.17, 15) is 8.42 Å². The summed E-state index contributed by atoms with van der Waals surface area (Å²) in [5, 5.41) is 9.38. The van der Waals surface area contributed by atoms with Gasteiger partial charge in [-0.2, -0.15) is 5.26 Å². The lowest BCUT2D eigenvalue weighted by Crippen LogP contribution is -2.04. The highest BCUT2D eigenvalue weighted by Gasteiger charge is 2.24. The molecule has 0 N–H and O–H groups in total. The molecule has 0 bridgehead atoms. The average Bonchev–Trinajstić information content (AvgIpc) is 2.48. The van der Waals surface area contributed by atoms with Crippen molar-refractivity contribution in [3.8, 4) is 6.07 Å². The first-order chi connectivity index (χ1) is 9.95. The molecule has 1 aromatic heterocycles. The molecule has 0 fully saturated rings. The smallest absolute Gasteiger partial charge is 0.218 e. The Kier molecular flexibility index (Phi) is 4.63. The van der Waals surface area contributed by atoms with Crippen LogP contribution in [0.5, 0.6) is 0 Å². The third kappa shape index (κ3) is 3.42. The lowest BCUT2D eigenvalue weighted by molar-refractivity contribution is 0.603. The molecule has 0 atom stereocenters. The number of benzene rings is 1. The number of sulfone groups is 1. The van der Waals surface area contributed by atoms with Crippen molar-refractivity contribution >= 4 is 39.1 Å². The van der Waals surface area contributed by atoms with Crippen molar-refractivity contribution in [2.45, 2.75) is 4.90 Å². The fourth-order valence-electron chi connectivity index (χ4n) is 1.58. The highest BCUT2D eigenvalue weighted by atomic mass is 35.5. The standard InChI is InChI=1S/C14H8Cl2N2O2S/c15-11-3-4-13(16)14(7-11)21(19,20)12(8-17)6-10-2-1-5-18-9-10/h1-7,9H/b12-6-. The third-order valence-corrected chi connectivity index (χ3v) is 4.95. The molecule has 4 nitrogen and oxygen atoms in total. The molecule has 2 rings (SSSR count). The fourth-order valence-corrected chi connectivity index (χ4v) is 3.50. The van der Waals surface area contributed by atoms with E-state index in [1.807, 2.05) is 0 Å². The number of hydrogen-bond donors (Lipinski definition) is 0. The monoisotopic (exact) mass is 338 g/mol. The van der Waals surface area contributed by atoms with E-state index in [2.05, 4.69) is 4.98 Å². The molecule has 0 aliphatic heterocycles. The van der Waals surface area contributed by atoms with Crippen molar-refractivity contribution in [1.82, 2.24) is 4.98 Å². The normalized spacial score (nSPS) is 12.0. The second-order valence-corrected chi connectivity index (χ2v) is 6.72. The highest BCUT2D eigenvalue weighted by molar-refractivity contribution is 7.95. The zero-order valence-electron chi connectivity index (χ0n) is 10.5. The van der Waals surface area contributed by atoms with Gasteiger partial charge in [0.1, 0.15) is 11.0 Å². The molecular weight excluding hydrogens is 331 g/mol. The Bertz CT molecular complexity index is 841. The van der Waals surface area contributed by atoms with E-state index in [4.69, 9.17) is 28.5 Å². The summed E-state index contributed by atoms with van der Waals surface area (Å²) in [6, 6.07) is 9.02. The van der Waals surface area contributed by atoms with Crippen molar-refractivity contribution in [3.05, 3.63) is 63.2 Å². The van der Waals surface area contributed by atoms with Crippen LogP contribution in [0.25, 0.3) is 6.08 Å². The van der Waals surface area contributed by atoms with Crippen LogP contribution in [-0.4, -0.2) is 13.4 Å². The summed E-state index contributed by atoms with van der Waals surface area (Å²) in [6.45, 7) is 0. The lowest BCUT2D eigenvalue weighted by atomic mass is 10.3. The summed E-state index contributed by atoms with van der Waals surface area (Å²) in [7, 11) is -4.05. The van der Waals surface area contributed by atoms with Crippen LogP contribution in [0.2, 0.25) is 10.0 Å². The van der Waals surface area contributed by atoms with Crippen LogP contribution in [-0.2, 0) is 9.84 Å². The fraction of sp³-hybridized carbons (Fsp3) is 0. The van der Waals surface area contributed by atoms with Crippen LogP contribution in [0.15, 0.2) is 52.5 Å². The number of hydrogen-bond acceptors (Lipinski definition) is 4. The molecule has 2 aromatic rings. The van der Waals surface area contributed by atoms with Gasteiger partial charge in [0.2, 0.25) is 9.84 Å². The summed E-state index contributed by atoms with van der Waals surface area (Å²) in [5.74, 6) is 0. The van der Waals surface area contributed by atoms with E-state index in [0.717, 1.165) is 0 Å². The SMILES string of the molecule is N#C/C(=C/c1cccnc1)S(=O)(=O)c1cc(Cl)ccc1Cl. The predicted molar refractivity (Wildman–Crippen MR) is 81.5 cm³/mol. The number of allylic oxidation sites excluding steroid dienone is 1. The van der Waals surface area contributed by atoms with Crippen molar-refractivity contribution < 1.29 is 8.42 Å². The first-order valence-corrected chi connectivity index (χ1v) is 7.91. The molecule has 0 saturated heterocycles. The predicted octanol–water partition coefficient (Wildman–Crippen LogP) is 3.73. The topological polar surface area (TPSA) is 70.8 Å². The second-order valence-electron chi connectivity index (χ2n) is 3.98. The Balaban J connectivity index is 2.59. The Labute approximate surface area is 132 Å². The van der Waals surface area contributed by atoms with Gasteiger partial charge >= 0.3 is 0 Å². The maximum absolute atomic E-state index is 12.5. The summed E-state index contributed by atoms with van der Waals surface area (Å²) >= 11 is 11.7. The summed E-state index contributed by atoms with van der Waals surface area (Å²) in [5.41, 5.74) is 0.496. The largest absolute Gasteiger partial charge is 0.264 e. The number of nitriles is 1. The molecule has 1 heterocycles. The highest BCUT2D eigenvalue weighted by Crippen LogP contribution is 2.30. The van der Waals surface area contributed by atoms with Crippen LogP contribution >= 0.6 is 23.2 Å². The number of rotatable bonds is 3. The van der Waals surface area contributed by atoms with Gasteiger partial charge in [0.05, 0.1) is 9.92 Å². The number of halogens is 2. The molecule has 0 amide bonds. The van der Waals surface area contributed by atoms with Crippen molar-refractivity contribution in [1.29, 1.82) is 5.26 Å². The average molecular weight is 339 g/mol. The van der Waals surface area contributed by atoms with E-state index in [0.29, 0.717) is 5.56 Å². The van der Waals surface area contributed by atoms with Gasteiger partial charge in [-0.1, -0.05) is 29.3 Å².